The van der Waals surface area contributed by atoms with E-state index in [-0.39, 0.29) is 0 Å². The van der Waals surface area contributed by atoms with E-state index in [1.165, 1.54) is 11.3 Å². The molecular weight excluding hydrogens is 274 g/mol. The van der Waals surface area contributed by atoms with Gasteiger partial charge in [-0.05, 0) is 28.1 Å². The summed E-state index contributed by atoms with van der Waals surface area (Å²) < 4.78 is 0.757. The monoisotopic (exact) mass is 279 g/mol. The van der Waals surface area contributed by atoms with Crippen LogP contribution in [0.15, 0.2) is 29.1 Å². The van der Waals surface area contributed by atoms with Gasteiger partial charge < -0.3 is 0 Å². The lowest BCUT2D eigenvalue weighted by Crippen LogP contribution is -1.76. The molecule has 0 spiro atoms. The molecule has 2 aromatic rings. The summed E-state index contributed by atoms with van der Waals surface area (Å²) in [5, 5.41) is 9.51. The lowest BCUT2D eigenvalue weighted by Gasteiger charge is -1.91. The minimum atomic E-state index is 0.387. The van der Waals surface area contributed by atoms with Gasteiger partial charge in [-0.15, -0.1) is 11.3 Å². The smallest absolute Gasteiger partial charge is 0.126 e. The van der Waals surface area contributed by atoms with E-state index in [1.54, 1.807) is 12.4 Å². The molecule has 3 nitrogen and oxygen atoms in total. The summed E-state index contributed by atoms with van der Waals surface area (Å²) >= 11 is 4.86. The predicted molar refractivity (Wildman–Crippen MR) is 62.4 cm³/mol. The fraction of sp³-hybridized carbons (Fsp3) is 0.100. The Hall–Kier alpha value is -1.25. The van der Waals surface area contributed by atoms with Crippen molar-refractivity contribution in [2.45, 2.75) is 6.42 Å². The van der Waals surface area contributed by atoms with Crippen molar-refractivity contribution in [3.8, 4) is 16.6 Å². The van der Waals surface area contributed by atoms with E-state index in [0.717, 1.165) is 20.1 Å². The number of aromatic nitrogens is 2. The second kappa shape index (κ2) is 4.51. The van der Waals surface area contributed by atoms with E-state index in [4.69, 9.17) is 5.26 Å². The van der Waals surface area contributed by atoms with Crippen LogP contribution < -0.4 is 0 Å². The first kappa shape index (κ1) is 10.3. The van der Waals surface area contributed by atoms with Gasteiger partial charge in [-0.1, -0.05) is 0 Å². The summed E-state index contributed by atoms with van der Waals surface area (Å²) in [6.45, 7) is 0. The molecule has 0 bridgehead atoms. The summed E-state index contributed by atoms with van der Waals surface area (Å²) in [4.78, 5) is 9.33. The quantitative estimate of drug-likeness (QED) is 0.849. The molecule has 0 saturated carbocycles. The average molecular weight is 280 g/mol. The molecule has 0 radical (unpaired) electrons. The van der Waals surface area contributed by atoms with Crippen molar-refractivity contribution >= 4 is 27.3 Å². The van der Waals surface area contributed by atoms with Crippen LogP contribution in [0.4, 0.5) is 0 Å². The number of nitriles is 1. The Morgan fingerprint density at radius 2 is 2.40 bits per heavy atom. The van der Waals surface area contributed by atoms with Gasteiger partial charge in [-0.3, -0.25) is 4.98 Å². The van der Waals surface area contributed by atoms with Gasteiger partial charge in [0.05, 0.1) is 17.4 Å². The second-order valence-electron chi connectivity index (χ2n) is 2.81. The third-order valence-corrected chi connectivity index (χ3v) is 3.82. The molecule has 0 fully saturated rings. The van der Waals surface area contributed by atoms with Gasteiger partial charge in [0.15, 0.2) is 0 Å². The Morgan fingerprint density at radius 3 is 3.07 bits per heavy atom. The van der Waals surface area contributed by atoms with Gasteiger partial charge in [0.1, 0.15) is 9.61 Å². The lowest BCUT2D eigenvalue weighted by atomic mass is 10.3. The second-order valence-corrected chi connectivity index (χ2v) is 4.64. The van der Waals surface area contributed by atoms with Crippen molar-refractivity contribution in [1.29, 1.82) is 5.26 Å². The number of nitrogens with zero attached hydrogens (tertiary/aromatic N) is 3. The van der Waals surface area contributed by atoms with Crippen molar-refractivity contribution in [2.75, 3.05) is 0 Å². The SMILES string of the molecule is N#CCc1sc(-c2cccnc2)nc1Br. The molecule has 2 rings (SSSR count). The van der Waals surface area contributed by atoms with Crippen LogP contribution in [0.5, 0.6) is 0 Å². The number of thiazole rings is 1. The Labute approximate surface area is 99.6 Å². The Morgan fingerprint density at radius 1 is 1.53 bits per heavy atom. The standard InChI is InChI=1S/C10H6BrN3S/c11-9-8(3-4-12)15-10(14-9)7-2-1-5-13-6-7/h1-2,5-6H,3H2. The topological polar surface area (TPSA) is 49.6 Å². The molecule has 0 N–H and O–H groups in total. The molecule has 15 heavy (non-hydrogen) atoms. The zero-order valence-corrected chi connectivity index (χ0v) is 10.0. The summed E-state index contributed by atoms with van der Waals surface area (Å²) in [7, 11) is 0. The molecule has 2 aromatic heterocycles. The van der Waals surface area contributed by atoms with Gasteiger partial charge in [0.25, 0.3) is 0 Å². The fourth-order valence-electron chi connectivity index (χ4n) is 1.13. The number of hydrogen-bond acceptors (Lipinski definition) is 4. The van der Waals surface area contributed by atoms with Crippen LogP contribution in [0.3, 0.4) is 0 Å². The van der Waals surface area contributed by atoms with Crippen LogP contribution in [0, 0.1) is 11.3 Å². The first-order valence-corrected chi connectivity index (χ1v) is 5.85. The average Bonchev–Trinajstić information content (AvgIpc) is 2.63. The van der Waals surface area contributed by atoms with Crippen LogP contribution in [0.1, 0.15) is 4.88 Å². The lowest BCUT2D eigenvalue weighted by molar-refractivity contribution is 1.24. The number of rotatable bonds is 2. The minimum Gasteiger partial charge on any atom is -0.264 e. The highest BCUT2D eigenvalue weighted by Gasteiger charge is 2.09. The zero-order chi connectivity index (χ0) is 10.7. The van der Waals surface area contributed by atoms with Crippen molar-refractivity contribution in [1.82, 2.24) is 9.97 Å². The Kier molecular flexibility index (Phi) is 3.09. The van der Waals surface area contributed by atoms with Gasteiger partial charge in [-0.2, -0.15) is 5.26 Å². The molecule has 0 atom stereocenters. The van der Waals surface area contributed by atoms with Crippen LogP contribution in [-0.4, -0.2) is 9.97 Å². The van der Waals surface area contributed by atoms with E-state index < -0.39 is 0 Å². The normalized spacial score (nSPS) is 9.87. The van der Waals surface area contributed by atoms with Crippen molar-refractivity contribution in [3.63, 3.8) is 0 Å². The van der Waals surface area contributed by atoms with Crippen LogP contribution in [-0.2, 0) is 6.42 Å². The maximum Gasteiger partial charge on any atom is 0.126 e. The van der Waals surface area contributed by atoms with Crippen LogP contribution in [0.25, 0.3) is 10.6 Å². The first-order chi connectivity index (χ1) is 7.31. The first-order valence-electron chi connectivity index (χ1n) is 4.24. The third kappa shape index (κ3) is 2.22. The van der Waals surface area contributed by atoms with E-state index in [1.807, 2.05) is 12.1 Å². The molecule has 5 heteroatoms. The Balaban J connectivity index is 2.40. The van der Waals surface area contributed by atoms with E-state index in [2.05, 4.69) is 32.0 Å². The highest BCUT2D eigenvalue weighted by molar-refractivity contribution is 9.10. The maximum absolute atomic E-state index is 8.62. The maximum atomic E-state index is 8.62. The molecule has 0 saturated heterocycles. The fourth-order valence-corrected chi connectivity index (χ4v) is 2.68. The van der Waals surface area contributed by atoms with Crippen LogP contribution >= 0.6 is 27.3 Å². The summed E-state index contributed by atoms with van der Waals surface area (Å²) in [6, 6.07) is 5.94. The molecular formula is C10H6BrN3S. The number of hydrogen-bond donors (Lipinski definition) is 0. The Bertz CT molecular complexity index is 501. The van der Waals surface area contributed by atoms with Crippen LogP contribution in [0.2, 0.25) is 0 Å². The third-order valence-electron chi connectivity index (χ3n) is 1.80. The molecule has 0 aliphatic heterocycles. The molecule has 74 valence electrons. The molecule has 0 aliphatic carbocycles. The highest BCUT2D eigenvalue weighted by atomic mass is 79.9. The molecule has 2 heterocycles. The summed E-state index contributed by atoms with van der Waals surface area (Å²) in [6.07, 6.45) is 3.88. The number of pyridine rings is 1. The van der Waals surface area contributed by atoms with Gasteiger partial charge >= 0.3 is 0 Å². The summed E-state index contributed by atoms with van der Waals surface area (Å²) in [5.74, 6) is 0. The molecule has 0 aliphatic rings. The predicted octanol–water partition coefficient (Wildman–Crippen LogP) is 3.03. The van der Waals surface area contributed by atoms with E-state index >= 15 is 0 Å². The highest BCUT2D eigenvalue weighted by Crippen LogP contribution is 2.30. The van der Waals surface area contributed by atoms with Crippen molar-refractivity contribution < 1.29 is 0 Å². The van der Waals surface area contributed by atoms with E-state index in [0.29, 0.717) is 6.42 Å². The van der Waals surface area contributed by atoms with E-state index in [9.17, 15) is 0 Å². The molecule has 0 amide bonds. The number of halogens is 1. The van der Waals surface area contributed by atoms with Gasteiger partial charge in [-0.25, -0.2) is 4.98 Å². The van der Waals surface area contributed by atoms with Crippen molar-refractivity contribution in [2.24, 2.45) is 0 Å². The summed E-state index contributed by atoms with van der Waals surface area (Å²) in [5.41, 5.74) is 0.979. The molecule has 0 aromatic carbocycles. The largest absolute Gasteiger partial charge is 0.264 e. The minimum absolute atomic E-state index is 0.387. The zero-order valence-electron chi connectivity index (χ0n) is 7.64. The van der Waals surface area contributed by atoms with Crippen molar-refractivity contribution in [3.05, 3.63) is 34.0 Å². The van der Waals surface area contributed by atoms with Gasteiger partial charge in [0, 0.05) is 18.0 Å². The molecule has 0 unspecified atom stereocenters. The van der Waals surface area contributed by atoms with Gasteiger partial charge in [0.2, 0.25) is 0 Å².